The molecule has 1 unspecified atom stereocenters. The molecule has 0 aliphatic heterocycles. The molecule has 0 bridgehead atoms. The van der Waals surface area contributed by atoms with E-state index in [0.717, 1.165) is 36.3 Å². The van der Waals surface area contributed by atoms with E-state index in [4.69, 9.17) is 22.3 Å². The summed E-state index contributed by atoms with van der Waals surface area (Å²) in [5.74, 6) is 0.642. The highest BCUT2D eigenvalue weighted by Gasteiger charge is 2.23. The van der Waals surface area contributed by atoms with Gasteiger partial charge in [-0.05, 0) is 55.3 Å². The first-order valence-corrected chi connectivity index (χ1v) is 8.34. The molecule has 1 aromatic heterocycles. The number of halogens is 1. The van der Waals surface area contributed by atoms with E-state index in [1.165, 1.54) is 9.71 Å². The minimum atomic E-state index is 0.305. The maximum absolute atomic E-state index is 6.01. The van der Waals surface area contributed by atoms with Crippen molar-refractivity contribution in [3.05, 3.63) is 28.2 Å². The lowest BCUT2D eigenvalue weighted by molar-refractivity contribution is 0.215. The van der Waals surface area contributed by atoms with Gasteiger partial charge in [-0.2, -0.15) is 0 Å². The number of fused-ring (bicyclic) bond motifs is 1. The van der Waals surface area contributed by atoms with E-state index in [-0.39, 0.29) is 0 Å². The minimum Gasteiger partial charge on any atom is -0.330 e. The molecule has 1 heterocycles. The first-order valence-electron chi connectivity index (χ1n) is 7.15. The third-order valence-electron chi connectivity index (χ3n) is 3.84. The zero-order valence-corrected chi connectivity index (χ0v) is 14.0. The largest absolute Gasteiger partial charge is 0.330 e. The Kier molecular flexibility index (Phi) is 5.05. The van der Waals surface area contributed by atoms with Crippen molar-refractivity contribution >= 4 is 33.2 Å². The van der Waals surface area contributed by atoms with Gasteiger partial charge < -0.3 is 5.73 Å². The van der Waals surface area contributed by atoms with Crippen molar-refractivity contribution in [2.75, 3.05) is 6.54 Å². The van der Waals surface area contributed by atoms with Crippen molar-refractivity contribution in [2.45, 2.75) is 40.0 Å². The number of benzene rings is 1. The van der Waals surface area contributed by atoms with Crippen LogP contribution < -0.4 is 5.73 Å². The molecule has 0 aliphatic rings. The molecule has 0 radical (unpaired) electrons. The molecular formula is C16H23ClN2S. The molecule has 1 aromatic carbocycles. The van der Waals surface area contributed by atoms with E-state index < -0.39 is 0 Å². The predicted octanol–water partition coefficient (Wildman–Crippen LogP) is 4.89. The molecule has 2 rings (SSSR count). The van der Waals surface area contributed by atoms with E-state index in [1.807, 2.05) is 12.1 Å². The Morgan fingerprint density at radius 1 is 1.30 bits per heavy atom. The van der Waals surface area contributed by atoms with Gasteiger partial charge in [-0.25, -0.2) is 4.98 Å². The van der Waals surface area contributed by atoms with E-state index in [0.29, 0.717) is 11.3 Å². The Morgan fingerprint density at radius 2 is 2.05 bits per heavy atom. The molecule has 0 spiro atoms. The summed E-state index contributed by atoms with van der Waals surface area (Å²) in [5.41, 5.74) is 7.07. The lowest BCUT2D eigenvalue weighted by Crippen LogP contribution is -2.24. The van der Waals surface area contributed by atoms with E-state index >= 15 is 0 Å². The number of hydrogen-bond donors (Lipinski definition) is 1. The predicted molar refractivity (Wildman–Crippen MR) is 89.6 cm³/mol. The van der Waals surface area contributed by atoms with Gasteiger partial charge in [-0.1, -0.05) is 32.4 Å². The maximum Gasteiger partial charge on any atom is 0.0938 e. The summed E-state index contributed by atoms with van der Waals surface area (Å²) in [6, 6.07) is 5.93. The highest BCUT2D eigenvalue weighted by Crippen LogP contribution is 2.33. The molecule has 110 valence electrons. The SMILES string of the molecule is CC(C)(C)C(CCN)CCc1nc2cc(Cl)ccc2s1. The van der Waals surface area contributed by atoms with Crippen molar-refractivity contribution in [1.29, 1.82) is 0 Å². The highest BCUT2D eigenvalue weighted by molar-refractivity contribution is 7.18. The summed E-state index contributed by atoms with van der Waals surface area (Å²) in [4.78, 5) is 4.69. The number of aromatic nitrogens is 1. The van der Waals surface area contributed by atoms with Gasteiger partial charge >= 0.3 is 0 Å². The van der Waals surface area contributed by atoms with Crippen LogP contribution in [0.2, 0.25) is 5.02 Å². The fourth-order valence-electron chi connectivity index (χ4n) is 2.56. The summed E-state index contributed by atoms with van der Waals surface area (Å²) in [6.07, 6.45) is 3.26. The van der Waals surface area contributed by atoms with Crippen LogP contribution in [0.5, 0.6) is 0 Å². The van der Waals surface area contributed by atoms with Crippen molar-refractivity contribution in [1.82, 2.24) is 4.98 Å². The number of nitrogens with zero attached hydrogens (tertiary/aromatic N) is 1. The highest BCUT2D eigenvalue weighted by atomic mass is 35.5. The Morgan fingerprint density at radius 3 is 2.70 bits per heavy atom. The Hall–Kier alpha value is -0.640. The summed E-state index contributed by atoms with van der Waals surface area (Å²) in [6.45, 7) is 7.65. The molecule has 2 nitrogen and oxygen atoms in total. The van der Waals surface area contributed by atoms with Crippen LogP contribution in [0.25, 0.3) is 10.2 Å². The van der Waals surface area contributed by atoms with Gasteiger partial charge in [-0.3, -0.25) is 0 Å². The molecule has 4 heteroatoms. The lowest BCUT2D eigenvalue weighted by Gasteiger charge is -2.30. The number of nitrogens with two attached hydrogens (primary N) is 1. The first-order chi connectivity index (χ1) is 9.40. The second-order valence-electron chi connectivity index (χ2n) is 6.40. The van der Waals surface area contributed by atoms with Crippen molar-refractivity contribution in [3.8, 4) is 0 Å². The van der Waals surface area contributed by atoms with Crippen LogP contribution in [0.1, 0.15) is 38.6 Å². The molecule has 20 heavy (non-hydrogen) atoms. The van der Waals surface area contributed by atoms with Gasteiger partial charge in [0.15, 0.2) is 0 Å². The summed E-state index contributed by atoms with van der Waals surface area (Å²) in [7, 11) is 0. The smallest absolute Gasteiger partial charge is 0.0938 e. The number of rotatable bonds is 5. The molecule has 0 saturated heterocycles. The van der Waals surface area contributed by atoms with Crippen molar-refractivity contribution in [3.63, 3.8) is 0 Å². The van der Waals surface area contributed by atoms with E-state index in [9.17, 15) is 0 Å². The fourth-order valence-corrected chi connectivity index (χ4v) is 3.69. The van der Waals surface area contributed by atoms with E-state index in [1.54, 1.807) is 11.3 Å². The molecule has 0 aliphatic carbocycles. The normalized spacial score (nSPS) is 13.8. The van der Waals surface area contributed by atoms with Gasteiger partial charge in [-0.15, -0.1) is 11.3 Å². The van der Waals surface area contributed by atoms with Crippen LogP contribution in [-0.4, -0.2) is 11.5 Å². The number of hydrogen-bond acceptors (Lipinski definition) is 3. The molecule has 0 fully saturated rings. The van der Waals surface area contributed by atoms with Crippen molar-refractivity contribution < 1.29 is 0 Å². The number of thiazole rings is 1. The van der Waals surface area contributed by atoms with Gasteiger partial charge in [0.2, 0.25) is 0 Å². The molecule has 0 saturated carbocycles. The third kappa shape index (κ3) is 3.94. The zero-order chi connectivity index (χ0) is 14.8. The third-order valence-corrected chi connectivity index (χ3v) is 5.17. The standard InChI is InChI=1S/C16H23ClN2S/c1-16(2,3)11(8-9-18)4-7-15-19-13-10-12(17)5-6-14(13)20-15/h5-6,10-11H,4,7-9,18H2,1-3H3. The summed E-state index contributed by atoms with van der Waals surface area (Å²) >= 11 is 7.78. The molecular weight excluding hydrogens is 288 g/mol. The van der Waals surface area contributed by atoms with Gasteiger partial charge in [0.1, 0.15) is 0 Å². The molecule has 2 aromatic rings. The fraction of sp³-hybridized carbons (Fsp3) is 0.562. The summed E-state index contributed by atoms with van der Waals surface area (Å²) < 4.78 is 1.22. The van der Waals surface area contributed by atoms with Gasteiger partial charge in [0.25, 0.3) is 0 Å². The quantitative estimate of drug-likeness (QED) is 0.853. The number of aryl methyl sites for hydroxylation is 1. The Labute approximate surface area is 130 Å². The van der Waals surface area contributed by atoms with Crippen LogP contribution in [0, 0.1) is 11.3 Å². The Balaban J connectivity index is 2.07. The molecule has 1 atom stereocenters. The van der Waals surface area contributed by atoms with Crippen LogP contribution >= 0.6 is 22.9 Å². The second kappa shape index (κ2) is 6.42. The minimum absolute atomic E-state index is 0.305. The van der Waals surface area contributed by atoms with Gasteiger partial charge in [0, 0.05) is 5.02 Å². The second-order valence-corrected chi connectivity index (χ2v) is 7.95. The Bertz CT molecular complexity index is 571. The maximum atomic E-state index is 6.01. The van der Waals surface area contributed by atoms with E-state index in [2.05, 4.69) is 26.8 Å². The average molecular weight is 311 g/mol. The monoisotopic (exact) mass is 310 g/mol. The molecule has 2 N–H and O–H groups in total. The van der Waals surface area contributed by atoms with Crippen LogP contribution in [0.4, 0.5) is 0 Å². The zero-order valence-electron chi connectivity index (χ0n) is 12.4. The first kappa shape index (κ1) is 15.7. The van der Waals surface area contributed by atoms with Crippen molar-refractivity contribution in [2.24, 2.45) is 17.1 Å². The lowest BCUT2D eigenvalue weighted by atomic mass is 9.76. The summed E-state index contributed by atoms with van der Waals surface area (Å²) in [5, 5.41) is 1.96. The molecule has 0 amide bonds. The van der Waals surface area contributed by atoms with Crippen LogP contribution in [0.15, 0.2) is 18.2 Å². The topological polar surface area (TPSA) is 38.9 Å². The van der Waals surface area contributed by atoms with Gasteiger partial charge in [0.05, 0.1) is 15.2 Å². The van der Waals surface area contributed by atoms with Crippen LogP contribution in [-0.2, 0) is 6.42 Å². The average Bonchev–Trinajstić information content (AvgIpc) is 2.74. The van der Waals surface area contributed by atoms with Crippen LogP contribution in [0.3, 0.4) is 0 Å².